The highest BCUT2D eigenvalue weighted by molar-refractivity contribution is 7.16. The normalized spacial score (nSPS) is 17.5. The molecule has 0 bridgehead atoms. The molecule has 1 aliphatic carbocycles. The summed E-state index contributed by atoms with van der Waals surface area (Å²) in [5.41, 5.74) is 3.80. The van der Waals surface area contributed by atoms with Crippen LogP contribution < -0.4 is 5.32 Å². The third-order valence-corrected chi connectivity index (χ3v) is 5.31. The van der Waals surface area contributed by atoms with E-state index < -0.39 is 0 Å². The Morgan fingerprint density at radius 3 is 3.10 bits per heavy atom. The standard InChI is InChI=1S/C17H20ClNOS/c18-17-11-14-15(7-2-8-16(14)21-17)19-13-6-1-4-12(10-13)5-3-9-20/h1,4,6,10-11,15,19-20H,2-3,5,7-9H2. The maximum absolute atomic E-state index is 8.94. The summed E-state index contributed by atoms with van der Waals surface area (Å²) in [5.74, 6) is 0. The van der Waals surface area contributed by atoms with Crippen LogP contribution in [-0.4, -0.2) is 11.7 Å². The van der Waals surface area contributed by atoms with Crippen LogP contribution in [0.15, 0.2) is 30.3 Å². The van der Waals surface area contributed by atoms with Crippen LogP contribution in [0.5, 0.6) is 0 Å². The van der Waals surface area contributed by atoms with Crippen LogP contribution in [-0.2, 0) is 12.8 Å². The zero-order valence-corrected chi connectivity index (χ0v) is 13.5. The fourth-order valence-electron chi connectivity index (χ4n) is 2.97. The minimum atomic E-state index is 0.247. The zero-order chi connectivity index (χ0) is 14.7. The van der Waals surface area contributed by atoms with Crippen molar-refractivity contribution in [3.8, 4) is 0 Å². The van der Waals surface area contributed by atoms with Gasteiger partial charge in [-0.3, -0.25) is 0 Å². The number of hydrogen-bond donors (Lipinski definition) is 2. The average molecular weight is 322 g/mol. The monoisotopic (exact) mass is 321 g/mol. The largest absolute Gasteiger partial charge is 0.396 e. The molecule has 4 heteroatoms. The van der Waals surface area contributed by atoms with E-state index in [1.54, 1.807) is 11.3 Å². The molecule has 1 aromatic carbocycles. The summed E-state index contributed by atoms with van der Waals surface area (Å²) < 4.78 is 0.894. The van der Waals surface area contributed by atoms with Gasteiger partial charge in [0.25, 0.3) is 0 Å². The Hall–Kier alpha value is -1.03. The lowest BCUT2D eigenvalue weighted by molar-refractivity contribution is 0.288. The molecule has 0 aliphatic heterocycles. The highest BCUT2D eigenvalue weighted by Gasteiger charge is 2.22. The van der Waals surface area contributed by atoms with Gasteiger partial charge in [-0.05, 0) is 61.4 Å². The molecule has 0 fully saturated rings. The van der Waals surface area contributed by atoms with Crippen LogP contribution in [0.2, 0.25) is 4.34 Å². The molecule has 0 radical (unpaired) electrons. The Labute approximate surface area is 134 Å². The van der Waals surface area contributed by atoms with Gasteiger partial charge < -0.3 is 10.4 Å². The number of aliphatic hydroxyl groups is 1. The number of nitrogens with one attached hydrogen (secondary N) is 1. The van der Waals surface area contributed by atoms with Crippen LogP contribution in [0.25, 0.3) is 0 Å². The van der Waals surface area contributed by atoms with Crippen molar-refractivity contribution in [1.29, 1.82) is 0 Å². The van der Waals surface area contributed by atoms with Gasteiger partial charge in [-0.2, -0.15) is 0 Å². The topological polar surface area (TPSA) is 32.3 Å². The second kappa shape index (κ2) is 6.82. The molecule has 0 spiro atoms. The molecule has 0 saturated carbocycles. The molecule has 1 aromatic heterocycles. The number of thiophene rings is 1. The Morgan fingerprint density at radius 2 is 2.24 bits per heavy atom. The number of hydrogen-bond acceptors (Lipinski definition) is 3. The van der Waals surface area contributed by atoms with Crippen molar-refractivity contribution >= 4 is 28.6 Å². The maximum atomic E-state index is 8.94. The number of rotatable bonds is 5. The predicted octanol–water partition coefficient (Wildman–Crippen LogP) is 4.82. The van der Waals surface area contributed by atoms with Crippen molar-refractivity contribution in [1.82, 2.24) is 0 Å². The van der Waals surface area contributed by atoms with Gasteiger partial charge in [-0.1, -0.05) is 23.7 Å². The molecular weight excluding hydrogens is 302 g/mol. The molecule has 1 unspecified atom stereocenters. The van der Waals surface area contributed by atoms with Gasteiger partial charge in [0.15, 0.2) is 0 Å². The summed E-state index contributed by atoms with van der Waals surface area (Å²) in [6, 6.07) is 11.0. The lowest BCUT2D eigenvalue weighted by Crippen LogP contribution is -2.15. The van der Waals surface area contributed by atoms with Crippen molar-refractivity contribution in [2.45, 2.75) is 38.1 Å². The first-order valence-corrected chi connectivity index (χ1v) is 8.70. The fourth-order valence-corrected chi connectivity index (χ4v) is 4.36. The Morgan fingerprint density at radius 1 is 1.33 bits per heavy atom. The van der Waals surface area contributed by atoms with Gasteiger partial charge in [0, 0.05) is 17.2 Å². The molecule has 1 heterocycles. The van der Waals surface area contributed by atoms with E-state index in [-0.39, 0.29) is 6.61 Å². The highest BCUT2D eigenvalue weighted by Crippen LogP contribution is 2.39. The van der Waals surface area contributed by atoms with Gasteiger partial charge in [-0.15, -0.1) is 11.3 Å². The SMILES string of the molecule is OCCCc1cccc(NC2CCCc3sc(Cl)cc32)c1. The smallest absolute Gasteiger partial charge is 0.0934 e. The fraction of sp³-hybridized carbons (Fsp3) is 0.412. The third kappa shape index (κ3) is 3.60. The summed E-state index contributed by atoms with van der Waals surface area (Å²) in [4.78, 5) is 1.43. The highest BCUT2D eigenvalue weighted by atomic mass is 35.5. The summed E-state index contributed by atoms with van der Waals surface area (Å²) in [5, 5.41) is 12.6. The first-order valence-electron chi connectivity index (χ1n) is 7.50. The van der Waals surface area contributed by atoms with Crippen molar-refractivity contribution in [2.24, 2.45) is 0 Å². The lowest BCUT2D eigenvalue weighted by atomic mass is 9.93. The molecule has 0 saturated heterocycles. The number of aryl methyl sites for hydroxylation is 2. The summed E-state index contributed by atoms with van der Waals surface area (Å²) in [6.07, 6.45) is 5.26. The Bertz CT molecular complexity index is 611. The number of fused-ring (bicyclic) bond motifs is 1. The average Bonchev–Trinajstić information content (AvgIpc) is 2.87. The Balaban J connectivity index is 1.75. The molecule has 1 aliphatic rings. The molecule has 0 amide bonds. The zero-order valence-electron chi connectivity index (χ0n) is 11.9. The van der Waals surface area contributed by atoms with Crippen LogP contribution in [0, 0.1) is 0 Å². The second-order valence-corrected chi connectivity index (χ2v) is 7.31. The van der Waals surface area contributed by atoms with Crippen molar-refractivity contribution in [3.63, 3.8) is 0 Å². The summed E-state index contributed by atoms with van der Waals surface area (Å²) in [6.45, 7) is 0.247. The van der Waals surface area contributed by atoms with Gasteiger partial charge >= 0.3 is 0 Å². The van der Waals surface area contributed by atoms with Gasteiger partial charge in [0.1, 0.15) is 0 Å². The van der Waals surface area contributed by atoms with E-state index in [0.717, 1.165) is 35.7 Å². The molecular formula is C17H20ClNOS. The number of anilines is 1. The van der Waals surface area contributed by atoms with E-state index in [1.807, 2.05) is 0 Å². The van der Waals surface area contributed by atoms with Crippen LogP contribution >= 0.6 is 22.9 Å². The number of aliphatic hydroxyl groups excluding tert-OH is 1. The minimum Gasteiger partial charge on any atom is -0.396 e. The first-order chi connectivity index (χ1) is 10.3. The van der Waals surface area contributed by atoms with Crippen LogP contribution in [0.4, 0.5) is 5.69 Å². The van der Waals surface area contributed by atoms with Gasteiger partial charge in [0.2, 0.25) is 0 Å². The molecule has 112 valence electrons. The van der Waals surface area contributed by atoms with E-state index in [4.69, 9.17) is 16.7 Å². The van der Waals surface area contributed by atoms with Gasteiger partial charge in [-0.25, -0.2) is 0 Å². The van der Waals surface area contributed by atoms with Crippen molar-refractivity contribution in [2.75, 3.05) is 11.9 Å². The molecule has 1 atom stereocenters. The predicted molar refractivity (Wildman–Crippen MR) is 90.5 cm³/mol. The molecule has 2 aromatic rings. The first kappa shape index (κ1) is 14.9. The summed E-state index contributed by atoms with van der Waals surface area (Å²) in [7, 11) is 0. The molecule has 21 heavy (non-hydrogen) atoms. The van der Waals surface area contributed by atoms with Crippen molar-refractivity contribution in [3.05, 3.63) is 50.7 Å². The van der Waals surface area contributed by atoms with Crippen LogP contribution in [0.3, 0.4) is 0 Å². The van der Waals surface area contributed by atoms with E-state index in [9.17, 15) is 0 Å². The van der Waals surface area contributed by atoms with Crippen molar-refractivity contribution < 1.29 is 5.11 Å². The Kier molecular flexibility index (Phi) is 4.84. The molecule has 2 N–H and O–H groups in total. The molecule has 3 rings (SSSR count). The third-order valence-electron chi connectivity index (χ3n) is 3.98. The van der Waals surface area contributed by atoms with E-state index in [0.29, 0.717) is 6.04 Å². The van der Waals surface area contributed by atoms with Gasteiger partial charge in [0.05, 0.1) is 10.4 Å². The van der Waals surface area contributed by atoms with E-state index in [1.165, 1.54) is 22.4 Å². The minimum absolute atomic E-state index is 0.247. The van der Waals surface area contributed by atoms with E-state index >= 15 is 0 Å². The summed E-state index contributed by atoms with van der Waals surface area (Å²) >= 11 is 7.89. The maximum Gasteiger partial charge on any atom is 0.0934 e. The number of benzene rings is 1. The van der Waals surface area contributed by atoms with Crippen LogP contribution in [0.1, 0.15) is 41.3 Å². The second-order valence-electron chi connectivity index (χ2n) is 5.55. The quantitative estimate of drug-likeness (QED) is 0.827. The lowest BCUT2D eigenvalue weighted by Gasteiger charge is -2.25. The number of halogens is 1. The molecule has 2 nitrogen and oxygen atoms in total. The van der Waals surface area contributed by atoms with E-state index in [2.05, 4.69) is 35.6 Å².